The number of fused-ring (bicyclic) bond motifs is 1. The van der Waals surface area contributed by atoms with Crippen molar-refractivity contribution in [1.29, 1.82) is 0 Å². The number of alkyl halides is 2. The van der Waals surface area contributed by atoms with Crippen molar-refractivity contribution in [3.8, 4) is 0 Å². The van der Waals surface area contributed by atoms with Crippen LogP contribution >= 0.6 is 11.8 Å². The molecule has 1 fully saturated rings. The van der Waals surface area contributed by atoms with Gasteiger partial charge in [-0.25, -0.2) is 4.98 Å². The third-order valence-corrected chi connectivity index (χ3v) is 5.68. The molecule has 1 N–H and O–H groups in total. The van der Waals surface area contributed by atoms with Gasteiger partial charge in [-0.05, 0) is 54.6 Å². The fourth-order valence-electron chi connectivity index (χ4n) is 3.52. The number of morpholine rings is 1. The van der Waals surface area contributed by atoms with Crippen LogP contribution in [0.15, 0.2) is 47.6 Å². The van der Waals surface area contributed by atoms with Crippen molar-refractivity contribution in [2.24, 2.45) is 0 Å². The lowest BCUT2D eigenvalue weighted by Crippen LogP contribution is -2.36. The molecule has 158 valence electrons. The van der Waals surface area contributed by atoms with Crippen molar-refractivity contribution in [1.82, 2.24) is 9.55 Å². The topological polar surface area (TPSA) is 59.4 Å². The van der Waals surface area contributed by atoms with E-state index in [1.807, 2.05) is 25.1 Å². The first-order valence-electron chi connectivity index (χ1n) is 9.64. The molecule has 2 aromatic carbocycles. The van der Waals surface area contributed by atoms with Crippen LogP contribution in [0.1, 0.15) is 5.56 Å². The molecule has 1 amide bonds. The Hall–Kier alpha value is -2.65. The van der Waals surface area contributed by atoms with Crippen molar-refractivity contribution < 1.29 is 18.3 Å². The number of aryl methyl sites for hydroxylation is 1. The molecule has 0 spiro atoms. The average molecular weight is 432 g/mol. The highest BCUT2D eigenvalue weighted by molar-refractivity contribution is 7.99. The van der Waals surface area contributed by atoms with Crippen LogP contribution < -0.4 is 10.2 Å². The second kappa shape index (κ2) is 9.01. The number of imidazole rings is 1. The van der Waals surface area contributed by atoms with Crippen LogP contribution in [0.5, 0.6) is 0 Å². The van der Waals surface area contributed by atoms with Gasteiger partial charge in [-0.15, -0.1) is 0 Å². The number of carbonyl (C=O) groups is 1. The number of nitrogens with zero attached hydrogens (tertiary/aromatic N) is 3. The molecule has 9 heteroatoms. The molecule has 0 bridgehead atoms. The predicted octanol–water partition coefficient (Wildman–Crippen LogP) is 4.13. The Morgan fingerprint density at radius 2 is 2.00 bits per heavy atom. The van der Waals surface area contributed by atoms with Crippen molar-refractivity contribution >= 4 is 40.1 Å². The fourth-order valence-corrected chi connectivity index (χ4v) is 4.12. The molecule has 2 heterocycles. The minimum absolute atomic E-state index is 0.0970. The van der Waals surface area contributed by atoms with Crippen LogP contribution in [0.25, 0.3) is 11.0 Å². The van der Waals surface area contributed by atoms with Gasteiger partial charge >= 0.3 is 0 Å². The molecule has 1 aromatic heterocycles. The summed E-state index contributed by atoms with van der Waals surface area (Å²) in [6.07, 6.45) is 0. The van der Waals surface area contributed by atoms with Crippen molar-refractivity contribution in [2.75, 3.05) is 36.5 Å². The number of aromatic nitrogens is 2. The second-order valence-corrected chi connectivity index (χ2v) is 7.95. The van der Waals surface area contributed by atoms with Gasteiger partial charge in [0.05, 0.1) is 24.2 Å². The first-order valence-corrected chi connectivity index (χ1v) is 10.5. The van der Waals surface area contributed by atoms with E-state index in [2.05, 4.69) is 15.2 Å². The lowest BCUT2D eigenvalue weighted by atomic mass is 10.1. The van der Waals surface area contributed by atoms with Crippen LogP contribution in [0.4, 0.5) is 20.2 Å². The molecule has 0 atom stereocenters. The fraction of sp³-hybridized carbons (Fsp3) is 0.333. The number of halogens is 2. The van der Waals surface area contributed by atoms with Gasteiger partial charge in [0, 0.05) is 24.5 Å². The molecular weight excluding hydrogens is 410 g/mol. The summed E-state index contributed by atoms with van der Waals surface area (Å²) < 4.78 is 32.8. The van der Waals surface area contributed by atoms with Gasteiger partial charge in [0.2, 0.25) is 5.91 Å². The highest BCUT2D eigenvalue weighted by Gasteiger charge is 2.18. The SMILES string of the molecule is Cc1cc(N2CCOCC2)ccc1NC(=O)Cn1c(SC(F)F)nc2ccccc21. The van der Waals surface area contributed by atoms with Crippen LogP contribution in [-0.2, 0) is 16.1 Å². The summed E-state index contributed by atoms with van der Waals surface area (Å²) >= 11 is 0.343. The molecule has 6 nitrogen and oxygen atoms in total. The number of thioether (sulfide) groups is 1. The van der Waals surface area contributed by atoms with E-state index in [1.54, 1.807) is 24.3 Å². The summed E-state index contributed by atoms with van der Waals surface area (Å²) in [6.45, 7) is 4.92. The van der Waals surface area contributed by atoms with Crippen LogP contribution in [0, 0.1) is 6.92 Å². The van der Waals surface area contributed by atoms with Crippen LogP contribution in [-0.4, -0.2) is 47.5 Å². The number of hydrogen-bond donors (Lipinski definition) is 1. The first kappa shape index (κ1) is 20.6. The van der Waals surface area contributed by atoms with E-state index in [-0.39, 0.29) is 17.6 Å². The number of hydrogen-bond acceptors (Lipinski definition) is 5. The maximum atomic E-state index is 13.0. The number of para-hydroxylation sites is 2. The Bertz CT molecular complexity index is 1050. The highest BCUT2D eigenvalue weighted by atomic mass is 32.2. The van der Waals surface area contributed by atoms with Gasteiger partial charge in [-0.3, -0.25) is 4.79 Å². The quantitative estimate of drug-likeness (QED) is 0.594. The van der Waals surface area contributed by atoms with E-state index in [1.165, 1.54) is 4.57 Å². The Balaban J connectivity index is 1.51. The summed E-state index contributed by atoms with van der Waals surface area (Å²) in [5.74, 6) is -2.91. The summed E-state index contributed by atoms with van der Waals surface area (Å²) in [5, 5.41) is 3.02. The predicted molar refractivity (Wildman–Crippen MR) is 114 cm³/mol. The van der Waals surface area contributed by atoms with Crippen molar-refractivity contribution in [3.63, 3.8) is 0 Å². The molecule has 4 rings (SSSR count). The van der Waals surface area contributed by atoms with Gasteiger partial charge in [0.15, 0.2) is 5.16 Å². The first-order chi connectivity index (χ1) is 14.5. The monoisotopic (exact) mass is 432 g/mol. The molecule has 1 aliphatic rings. The molecule has 0 aliphatic carbocycles. The number of anilines is 2. The lowest BCUT2D eigenvalue weighted by Gasteiger charge is -2.29. The zero-order valence-electron chi connectivity index (χ0n) is 16.5. The Morgan fingerprint density at radius 1 is 1.23 bits per heavy atom. The van der Waals surface area contributed by atoms with Gasteiger partial charge in [0.25, 0.3) is 5.76 Å². The van der Waals surface area contributed by atoms with Gasteiger partial charge in [-0.2, -0.15) is 8.78 Å². The van der Waals surface area contributed by atoms with Crippen LogP contribution in [0.3, 0.4) is 0 Å². The second-order valence-electron chi connectivity index (χ2n) is 6.99. The maximum Gasteiger partial charge on any atom is 0.291 e. The van der Waals surface area contributed by atoms with E-state index < -0.39 is 5.76 Å². The highest BCUT2D eigenvalue weighted by Crippen LogP contribution is 2.29. The third-order valence-electron chi connectivity index (χ3n) is 4.98. The molecule has 1 saturated heterocycles. The zero-order valence-corrected chi connectivity index (χ0v) is 17.3. The Labute approximate surface area is 177 Å². The van der Waals surface area contributed by atoms with E-state index in [4.69, 9.17) is 4.74 Å². The minimum Gasteiger partial charge on any atom is -0.378 e. The molecular formula is C21H22F2N4O2S. The smallest absolute Gasteiger partial charge is 0.291 e. The zero-order chi connectivity index (χ0) is 21.1. The van der Waals surface area contributed by atoms with Gasteiger partial charge < -0.3 is 19.5 Å². The Morgan fingerprint density at radius 3 is 2.73 bits per heavy atom. The normalized spacial score (nSPS) is 14.5. The summed E-state index contributed by atoms with van der Waals surface area (Å²) in [4.78, 5) is 19.2. The maximum absolute atomic E-state index is 13.0. The molecule has 3 aromatic rings. The minimum atomic E-state index is -2.61. The van der Waals surface area contributed by atoms with E-state index >= 15 is 0 Å². The van der Waals surface area contributed by atoms with Crippen LogP contribution in [0.2, 0.25) is 0 Å². The van der Waals surface area contributed by atoms with Crippen molar-refractivity contribution in [3.05, 3.63) is 48.0 Å². The van der Waals surface area contributed by atoms with Crippen molar-refractivity contribution in [2.45, 2.75) is 24.4 Å². The molecule has 1 aliphatic heterocycles. The third kappa shape index (κ3) is 4.57. The largest absolute Gasteiger partial charge is 0.378 e. The Kier molecular flexibility index (Phi) is 6.19. The molecule has 0 radical (unpaired) electrons. The number of carbonyl (C=O) groups excluding carboxylic acids is 1. The van der Waals surface area contributed by atoms with E-state index in [0.717, 1.165) is 24.3 Å². The average Bonchev–Trinajstić information content (AvgIpc) is 3.06. The molecule has 0 saturated carbocycles. The van der Waals surface area contributed by atoms with Gasteiger partial charge in [0.1, 0.15) is 6.54 Å². The van der Waals surface area contributed by atoms with E-state index in [9.17, 15) is 13.6 Å². The molecule has 0 unspecified atom stereocenters. The summed E-state index contributed by atoms with van der Waals surface area (Å²) in [6, 6.07) is 13.0. The number of ether oxygens (including phenoxy) is 1. The summed E-state index contributed by atoms with van der Waals surface area (Å²) in [5.41, 5.74) is 3.95. The lowest BCUT2D eigenvalue weighted by molar-refractivity contribution is -0.116. The van der Waals surface area contributed by atoms with E-state index in [0.29, 0.717) is 41.7 Å². The number of rotatable bonds is 6. The number of nitrogens with one attached hydrogen (secondary N) is 1. The number of amides is 1. The standard InChI is InChI=1S/C21H22F2N4O2S/c1-14-12-15(26-8-10-29-11-9-26)6-7-16(14)24-19(28)13-27-18-5-3-2-4-17(18)25-21(27)30-20(22)23/h2-7,12,20H,8-11,13H2,1H3,(H,24,28). The van der Waals surface area contributed by atoms with Gasteiger partial charge in [-0.1, -0.05) is 12.1 Å². The summed E-state index contributed by atoms with van der Waals surface area (Å²) in [7, 11) is 0. The molecule has 30 heavy (non-hydrogen) atoms. The number of benzene rings is 2.